The van der Waals surface area contributed by atoms with Crippen LogP contribution in [0.15, 0.2) is 12.4 Å². The van der Waals surface area contributed by atoms with E-state index in [9.17, 15) is 0 Å². The summed E-state index contributed by atoms with van der Waals surface area (Å²) in [5, 5.41) is 3.28. The summed E-state index contributed by atoms with van der Waals surface area (Å²) in [6, 6.07) is 1.98. The van der Waals surface area contributed by atoms with Crippen LogP contribution in [0, 0.1) is 0 Å². The summed E-state index contributed by atoms with van der Waals surface area (Å²) in [7, 11) is 3.43. The highest BCUT2D eigenvalue weighted by atomic mass is 16.5. The molecule has 0 aromatic carbocycles. The lowest BCUT2D eigenvalue weighted by atomic mass is 10.3. The summed E-state index contributed by atoms with van der Waals surface area (Å²) < 4.78 is 10.3. The monoisotopic (exact) mass is 282 g/mol. The van der Waals surface area contributed by atoms with E-state index >= 15 is 0 Å². The SMILES string of the molecule is CCCNc1cc(N(CCCOC)CCOC)ncn1. The molecule has 0 saturated carbocycles. The van der Waals surface area contributed by atoms with Crippen molar-refractivity contribution in [2.75, 3.05) is 57.3 Å². The molecule has 6 nitrogen and oxygen atoms in total. The number of methoxy groups -OCH3 is 2. The summed E-state index contributed by atoms with van der Waals surface area (Å²) in [4.78, 5) is 10.8. The molecular formula is C14H26N4O2. The van der Waals surface area contributed by atoms with E-state index in [0.717, 1.165) is 50.7 Å². The number of anilines is 2. The maximum atomic E-state index is 5.16. The topological polar surface area (TPSA) is 59.5 Å². The van der Waals surface area contributed by atoms with Gasteiger partial charge in [0.15, 0.2) is 0 Å². The van der Waals surface area contributed by atoms with Crippen molar-refractivity contribution in [3.8, 4) is 0 Å². The number of ether oxygens (including phenoxy) is 2. The van der Waals surface area contributed by atoms with Crippen molar-refractivity contribution in [2.45, 2.75) is 19.8 Å². The van der Waals surface area contributed by atoms with Crippen molar-refractivity contribution in [3.05, 3.63) is 12.4 Å². The molecule has 1 heterocycles. The first kappa shape index (κ1) is 16.7. The van der Waals surface area contributed by atoms with Gasteiger partial charge in [-0.25, -0.2) is 9.97 Å². The first-order valence-corrected chi connectivity index (χ1v) is 7.10. The Kier molecular flexibility index (Phi) is 8.66. The molecule has 20 heavy (non-hydrogen) atoms. The standard InChI is InChI=1S/C14H26N4O2/c1-4-6-15-13-11-14(17-12-16-13)18(8-10-20-3)7-5-9-19-2/h11-12H,4-10H2,1-3H3,(H,15,16,17). The second-order valence-electron chi connectivity index (χ2n) is 4.51. The molecule has 0 amide bonds. The van der Waals surface area contributed by atoms with Crippen LogP contribution in [0.1, 0.15) is 19.8 Å². The van der Waals surface area contributed by atoms with Gasteiger partial charge in [-0.15, -0.1) is 0 Å². The average Bonchev–Trinajstić information content (AvgIpc) is 2.49. The minimum Gasteiger partial charge on any atom is -0.385 e. The van der Waals surface area contributed by atoms with E-state index in [1.165, 1.54) is 0 Å². The molecule has 1 N–H and O–H groups in total. The van der Waals surface area contributed by atoms with E-state index < -0.39 is 0 Å². The molecule has 6 heteroatoms. The quantitative estimate of drug-likeness (QED) is 0.624. The number of nitrogens with one attached hydrogen (secondary N) is 1. The Balaban J connectivity index is 2.66. The van der Waals surface area contributed by atoms with E-state index in [1.54, 1.807) is 20.5 Å². The zero-order chi connectivity index (χ0) is 14.6. The van der Waals surface area contributed by atoms with E-state index in [-0.39, 0.29) is 0 Å². The van der Waals surface area contributed by atoms with Crippen LogP contribution in [0.5, 0.6) is 0 Å². The van der Waals surface area contributed by atoms with Crippen molar-refractivity contribution in [1.29, 1.82) is 0 Å². The Bertz CT molecular complexity index is 363. The van der Waals surface area contributed by atoms with Crippen molar-refractivity contribution in [3.63, 3.8) is 0 Å². The van der Waals surface area contributed by atoms with Crippen LogP contribution in [-0.4, -0.2) is 57.0 Å². The van der Waals surface area contributed by atoms with Gasteiger partial charge >= 0.3 is 0 Å². The van der Waals surface area contributed by atoms with Gasteiger partial charge in [-0.2, -0.15) is 0 Å². The Morgan fingerprint density at radius 2 is 1.95 bits per heavy atom. The number of rotatable bonds is 11. The number of hydrogen-bond donors (Lipinski definition) is 1. The summed E-state index contributed by atoms with van der Waals surface area (Å²) in [6.45, 7) is 6.17. The van der Waals surface area contributed by atoms with E-state index in [0.29, 0.717) is 6.61 Å². The first-order chi connectivity index (χ1) is 9.81. The van der Waals surface area contributed by atoms with Gasteiger partial charge in [0.05, 0.1) is 6.61 Å². The van der Waals surface area contributed by atoms with Crippen molar-refractivity contribution in [2.24, 2.45) is 0 Å². The fourth-order valence-corrected chi connectivity index (χ4v) is 1.81. The highest BCUT2D eigenvalue weighted by Crippen LogP contribution is 2.14. The molecule has 1 aromatic heterocycles. The van der Waals surface area contributed by atoms with Crippen LogP contribution in [0.25, 0.3) is 0 Å². The van der Waals surface area contributed by atoms with Gasteiger partial charge in [-0.1, -0.05) is 6.92 Å². The molecule has 0 unspecified atom stereocenters. The van der Waals surface area contributed by atoms with Gasteiger partial charge in [0.2, 0.25) is 0 Å². The van der Waals surface area contributed by atoms with Crippen molar-refractivity contribution >= 4 is 11.6 Å². The number of aromatic nitrogens is 2. The zero-order valence-corrected chi connectivity index (χ0v) is 12.8. The normalized spacial score (nSPS) is 10.6. The lowest BCUT2D eigenvalue weighted by Gasteiger charge is -2.23. The van der Waals surface area contributed by atoms with Gasteiger partial charge in [0, 0.05) is 46.5 Å². The van der Waals surface area contributed by atoms with Gasteiger partial charge in [-0.3, -0.25) is 0 Å². The molecule has 0 aliphatic heterocycles. The van der Waals surface area contributed by atoms with Gasteiger partial charge in [0.25, 0.3) is 0 Å². The molecule has 0 saturated heterocycles. The Labute approximate surface area is 121 Å². The molecule has 0 aliphatic rings. The smallest absolute Gasteiger partial charge is 0.134 e. The third-order valence-corrected chi connectivity index (χ3v) is 2.87. The van der Waals surface area contributed by atoms with Crippen molar-refractivity contribution < 1.29 is 9.47 Å². The molecule has 0 radical (unpaired) electrons. The number of hydrogen-bond acceptors (Lipinski definition) is 6. The van der Waals surface area contributed by atoms with E-state index in [1.807, 2.05) is 6.07 Å². The largest absolute Gasteiger partial charge is 0.385 e. The second kappa shape index (κ2) is 10.4. The van der Waals surface area contributed by atoms with Crippen LogP contribution in [-0.2, 0) is 9.47 Å². The predicted octanol–water partition coefficient (Wildman–Crippen LogP) is 1.79. The summed E-state index contributed by atoms with van der Waals surface area (Å²) >= 11 is 0. The zero-order valence-electron chi connectivity index (χ0n) is 12.8. The van der Waals surface area contributed by atoms with E-state index in [4.69, 9.17) is 9.47 Å². The molecule has 114 valence electrons. The van der Waals surface area contributed by atoms with E-state index in [2.05, 4.69) is 27.1 Å². The molecular weight excluding hydrogens is 256 g/mol. The lowest BCUT2D eigenvalue weighted by molar-refractivity contribution is 0.191. The molecule has 0 fully saturated rings. The van der Waals surface area contributed by atoms with Crippen LogP contribution >= 0.6 is 0 Å². The van der Waals surface area contributed by atoms with Gasteiger partial charge < -0.3 is 19.7 Å². The van der Waals surface area contributed by atoms with Gasteiger partial charge in [0.1, 0.15) is 18.0 Å². The van der Waals surface area contributed by atoms with Crippen LogP contribution < -0.4 is 10.2 Å². The summed E-state index contributed by atoms with van der Waals surface area (Å²) in [5.74, 6) is 1.79. The molecule has 0 atom stereocenters. The lowest BCUT2D eigenvalue weighted by Crippen LogP contribution is -2.30. The molecule has 0 aliphatic carbocycles. The Hall–Kier alpha value is -1.40. The third kappa shape index (κ3) is 6.16. The van der Waals surface area contributed by atoms with Gasteiger partial charge in [-0.05, 0) is 12.8 Å². The fourth-order valence-electron chi connectivity index (χ4n) is 1.81. The minimum atomic E-state index is 0.675. The Morgan fingerprint density at radius 1 is 1.15 bits per heavy atom. The molecule has 1 aromatic rings. The molecule has 0 bridgehead atoms. The first-order valence-electron chi connectivity index (χ1n) is 7.10. The average molecular weight is 282 g/mol. The molecule has 1 rings (SSSR count). The second-order valence-corrected chi connectivity index (χ2v) is 4.51. The highest BCUT2D eigenvalue weighted by Gasteiger charge is 2.08. The third-order valence-electron chi connectivity index (χ3n) is 2.87. The fraction of sp³-hybridized carbons (Fsp3) is 0.714. The van der Waals surface area contributed by atoms with Crippen LogP contribution in [0.2, 0.25) is 0 Å². The Morgan fingerprint density at radius 3 is 2.65 bits per heavy atom. The number of nitrogens with zero attached hydrogens (tertiary/aromatic N) is 3. The highest BCUT2D eigenvalue weighted by molar-refractivity contribution is 5.48. The maximum Gasteiger partial charge on any atom is 0.134 e. The molecule has 0 spiro atoms. The van der Waals surface area contributed by atoms with Crippen LogP contribution in [0.3, 0.4) is 0 Å². The minimum absolute atomic E-state index is 0.675. The predicted molar refractivity (Wildman–Crippen MR) is 81.4 cm³/mol. The summed E-state index contributed by atoms with van der Waals surface area (Å²) in [5.41, 5.74) is 0. The van der Waals surface area contributed by atoms with Crippen LogP contribution in [0.4, 0.5) is 11.6 Å². The summed E-state index contributed by atoms with van der Waals surface area (Å²) in [6.07, 6.45) is 3.63. The maximum absolute atomic E-state index is 5.16. The van der Waals surface area contributed by atoms with Crippen molar-refractivity contribution in [1.82, 2.24) is 9.97 Å².